The highest BCUT2D eigenvalue weighted by molar-refractivity contribution is 6.06. The van der Waals surface area contributed by atoms with Crippen LogP contribution in [0.5, 0.6) is 0 Å². The Kier molecular flexibility index (Phi) is 5.71. The lowest BCUT2D eigenvalue weighted by atomic mass is 9.85. The molecule has 6 unspecified atom stereocenters. The smallest absolute Gasteiger partial charge is 0.233 e. The molecule has 1 aliphatic heterocycles. The maximum atomic E-state index is 12.7. The van der Waals surface area contributed by atoms with Gasteiger partial charge in [0.1, 0.15) is 0 Å². The van der Waals surface area contributed by atoms with Gasteiger partial charge < -0.3 is 15.7 Å². The number of carbonyl (C=O) groups is 2. The van der Waals surface area contributed by atoms with Gasteiger partial charge in [0.2, 0.25) is 11.8 Å². The number of carbonyl (C=O) groups excluding carboxylic acids is 2. The summed E-state index contributed by atoms with van der Waals surface area (Å²) >= 11 is 0. The van der Waals surface area contributed by atoms with E-state index in [1.54, 1.807) is 0 Å². The molecule has 4 rings (SSSR count). The number of hydrogen-bond acceptors (Lipinski definition) is 4. The summed E-state index contributed by atoms with van der Waals surface area (Å²) in [7, 11) is 0. The summed E-state index contributed by atoms with van der Waals surface area (Å²) < 4.78 is 0. The van der Waals surface area contributed by atoms with Gasteiger partial charge in [-0.05, 0) is 44.4 Å². The monoisotopic (exact) mass is 388 g/mol. The minimum Gasteiger partial charge on any atom is -0.393 e. The Bertz CT molecular complexity index is 647. The third-order valence-electron chi connectivity index (χ3n) is 6.86. The molecule has 0 spiro atoms. The number of nitrogens with zero attached hydrogens (tertiary/aromatic N) is 2. The zero-order chi connectivity index (χ0) is 19.7. The van der Waals surface area contributed by atoms with Crippen LogP contribution in [0.3, 0.4) is 0 Å². The molecular weight excluding hydrogens is 356 g/mol. The molecule has 2 bridgehead atoms. The zero-order valence-electron chi connectivity index (χ0n) is 16.6. The lowest BCUT2D eigenvalue weighted by Crippen LogP contribution is -2.40. The first-order valence-electron chi connectivity index (χ1n) is 10.8. The maximum Gasteiger partial charge on any atom is 0.233 e. The minimum absolute atomic E-state index is 0.0302. The fourth-order valence-corrected chi connectivity index (χ4v) is 5.41. The van der Waals surface area contributed by atoms with E-state index in [0.717, 1.165) is 38.2 Å². The largest absolute Gasteiger partial charge is 0.393 e. The Labute approximate surface area is 166 Å². The van der Waals surface area contributed by atoms with Gasteiger partial charge in [0.05, 0.1) is 17.9 Å². The van der Waals surface area contributed by atoms with Crippen molar-refractivity contribution in [2.75, 3.05) is 26.2 Å². The molecular formula is C21H32N4O3. The molecule has 1 saturated heterocycles. The van der Waals surface area contributed by atoms with E-state index in [1.165, 1.54) is 4.90 Å². The van der Waals surface area contributed by atoms with Crippen LogP contribution in [-0.4, -0.2) is 60.1 Å². The van der Waals surface area contributed by atoms with E-state index in [2.05, 4.69) is 27.8 Å². The van der Waals surface area contributed by atoms with Crippen LogP contribution in [-0.2, 0) is 9.59 Å². The van der Waals surface area contributed by atoms with E-state index in [-0.39, 0.29) is 47.5 Å². The molecule has 7 heteroatoms. The van der Waals surface area contributed by atoms with Gasteiger partial charge in [-0.2, -0.15) is 0 Å². The molecule has 7 nitrogen and oxygen atoms in total. The van der Waals surface area contributed by atoms with E-state index < -0.39 is 0 Å². The Morgan fingerprint density at radius 2 is 1.89 bits per heavy atom. The van der Waals surface area contributed by atoms with E-state index >= 15 is 0 Å². The Balaban J connectivity index is 1.24. The van der Waals surface area contributed by atoms with Crippen LogP contribution in [0.4, 0.5) is 0 Å². The number of aliphatic imine (C=N–C) groups is 1. The van der Waals surface area contributed by atoms with Gasteiger partial charge in [-0.1, -0.05) is 18.6 Å². The lowest BCUT2D eigenvalue weighted by Gasteiger charge is -2.18. The number of allylic oxidation sites excluding steroid dienone is 2. The number of aliphatic hydroxyl groups is 1. The average Bonchev–Trinajstić information content (AvgIpc) is 3.44. The second kappa shape index (κ2) is 8.23. The van der Waals surface area contributed by atoms with E-state index in [4.69, 9.17) is 0 Å². The van der Waals surface area contributed by atoms with Gasteiger partial charge in [-0.15, -0.1) is 0 Å². The van der Waals surface area contributed by atoms with Crippen LogP contribution >= 0.6 is 0 Å². The third kappa shape index (κ3) is 3.56. The number of guanidine groups is 1. The molecule has 4 aliphatic rings. The summed E-state index contributed by atoms with van der Waals surface area (Å²) in [6.07, 6.45) is 8.68. The summed E-state index contributed by atoms with van der Waals surface area (Å²) in [5.41, 5.74) is 0. The third-order valence-corrected chi connectivity index (χ3v) is 6.86. The lowest BCUT2D eigenvalue weighted by molar-refractivity contribution is -0.140. The quantitative estimate of drug-likeness (QED) is 0.198. The summed E-state index contributed by atoms with van der Waals surface area (Å²) in [5, 5.41) is 16.5. The van der Waals surface area contributed by atoms with Crippen LogP contribution in [0.25, 0.3) is 0 Å². The molecule has 154 valence electrons. The second-order valence-corrected chi connectivity index (χ2v) is 8.59. The number of nitrogens with one attached hydrogen (secondary N) is 2. The number of hydrogen-bond donors (Lipinski definition) is 3. The van der Waals surface area contributed by atoms with Crippen molar-refractivity contribution >= 4 is 17.8 Å². The summed E-state index contributed by atoms with van der Waals surface area (Å²) in [6, 6.07) is 0. The SMILES string of the molecule is CCNC(=NCC1CCCC1O)NCCCN1C(=O)C2C3C=CC(C3)C2C1=O. The van der Waals surface area contributed by atoms with Crippen LogP contribution in [0.2, 0.25) is 0 Å². The number of aliphatic hydroxyl groups excluding tert-OH is 1. The van der Waals surface area contributed by atoms with Crippen molar-refractivity contribution in [3.8, 4) is 0 Å². The molecule has 3 fully saturated rings. The molecule has 28 heavy (non-hydrogen) atoms. The molecule has 0 aromatic rings. The highest BCUT2D eigenvalue weighted by Crippen LogP contribution is 2.52. The van der Waals surface area contributed by atoms with Gasteiger partial charge in [0.25, 0.3) is 0 Å². The van der Waals surface area contributed by atoms with Crippen molar-refractivity contribution < 1.29 is 14.7 Å². The number of amides is 2. The Morgan fingerprint density at radius 1 is 1.18 bits per heavy atom. The van der Waals surface area contributed by atoms with Gasteiger partial charge in [0.15, 0.2) is 5.96 Å². The molecule has 0 aromatic heterocycles. The van der Waals surface area contributed by atoms with Crippen molar-refractivity contribution in [2.45, 2.75) is 45.1 Å². The standard InChI is InChI=1S/C21H32N4O3/c1-2-22-21(24-12-15-5-3-6-16(15)26)23-9-4-10-25-19(27)17-13-7-8-14(11-13)18(17)20(25)28/h7-8,13-18,26H,2-6,9-12H2,1H3,(H2,22,23,24). The minimum atomic E-state index is -0.233. The molecule has 3 N–H and O–H groups in total. The van der Waals surface area contributed by atoms with Crippen molar-refractivity contribution in [1.29, 1.82) is 0 Å². The van der Waals surface area contributed by atoms with Crippen LogP contribution < -0.4 is 10.6 Å². The summed E-state index contributed by atoms with van der Waals surface area (Å²) in [6.45, 7) is 4.53. The second-order valence-electron chi connectivity index (χ2n) is 8.59. The molecule has 2 saturated carbocycles. The summed E-state index contributed by atoms with van der Waals surface area (Å²) in [5.74, 6) is 1.38. The Hall–Kier alpha value is -1.89. The number of likely N-dealkylation sites (tertiary alicyclic amines) is 1. The molecule has 6 atom stereocenters. The fourth-order valence-electron chi connectivity index (χ4n) is 5.41. The van der Waals surface area contributed by atoms with Crippen molar-refractivity contribution in [1.82, 2.24) is 15.5 Å². The van der Waals surface area contributed by atoms with Gasteiger partial charge in [-0.3, -0.25) is 19.5 Å². The van der Waals surface area contributed by atoms with Crippen LogP contribution in [0.15, 0.2) is 17.1 Å². The highest BCUT2D eigenvalue weighted by atomic mass is 16.3. The summed E-state index contributed by atoms with van der Waals surface area (Å²) in [4.78, 5) is 31.5. The normalized spacial score (nSPS) is 36.5. The van der Waals surface area contributed by atoms with Crippen molar-refractivity contribution in [3.63, 3.8) is 0 Å². The maximum absolute atomic E-state index is 12.7. The fraction of sp³-hybridized carbons (Fsp3) is 0.762. The van der Waals surface area contributed by atoms with Gasteiger partial charge >= 0.3 is 0 Å². The van der Waals surface area contributed by atoms with E-state index in [0.29, 0.717) is 26.1 Å². The van der Waals surface area contributed by atoms with Crippen molar-refractivity contribution in [3.05, 3.63) is 12.2 Å². The molecule has 1 heterocycles. The molecule has 2 amide bonds. The molecule has 3 aliphatic carbocycles. The zero-order valence-corrected chi connectivity index (χ0v) is 16.6. The molecule has 0 aromatic carbocycles. The number of fused-ring (bicyclic) bond motifs is 5. The highest BCUT2D eigenvalue weighted by Gasteiger charge is 2.58. The number of rotatable bonds is 7. The number of imide groups is 1. The van der Waals surface area contributed by atoms with Gasteiger partial charge in [-0.25, -0.2) is 0 Å². The van der Waals surface area contributed by atoms with Gasteiger partial charge in [0, 0.05) is 32.1 Å². The first-order chi connectivity index (χ1) is 13.6. The van der Waals surface area contributed by atoms with Crippen LogP contribution in [0.1, 0.15) is 39.0 Å². The van der Waals surface area contributed by atoms with E-state index in [1.807, 2.05) is 6.92 Å². The van der Waals surface area contributed by atoms with E-state index in [9.17, 15) is 14.7 Å². The topological polar surface area (TPSA) is 94.0 Å². The van der Waals surface area contributed by atoms with Crippen molar-refractivity contribution in [2.24, 2.45) is 34.6 Å². The predicted molar refractivity (Wildman–Crippen MR) is 106 cm³/mol. The predicted octanol–water partition coefficient (Wildman–Crippen LogP) is 0.900. The average molecular weight is 389 g/mol. The Morgan fingerprint density at radius 3 is 2.50 bits per heavy atom. The first-order valence-corrected chi connectivity index (χ1v) is 10.8. The molecule has 0 radical (unpaired) electrons. The first kappa shape index (κ1) is 19.4. The van der Waals surface area contributed by atoms with Crippen LogP contribution in [0, 0.1) is 29.6 Å².